The maximum absolute atomic E-state index is 12.6. The Kier molecular flexibility index (Phi) is 2.13. The summed E-state index contributed by atoms with van der Waals surface area (Å²) in [7, 11) is 0. The monoisotopic (exact) mass is 255 g/mol. The molecule has 2 aromatic rings. The van der Waals surface area contributed by atoms with Crippen LogP contribution in [0.3, 0.4) is 0 Å². The Hall–Kier alpha value is -2.05. The van der Waals surface area contributed by atoms with E-state index >= 15 is 0 Å². The number of hydrogen-bond donors (Lipinski definition) is 1. The van der Waals surface area contributed by atoms with Crippen LogP contribution in [0.5, 0.6) is 0 Å². The zero-order chi connectivity index (χ0) is 12.9. The first kappa shape index (κ1) is 11.1. The lowest BCUT2D eigenvalue weighted by atomic mass is 10.1. The van der Waals surface area contributed by atoms with Crippen LogP contribution in [0.2, 0.25) is 0 Å². The van der Waals surface area contributed by atoms with Crippen LogP contribution in [0.15, 0.2) is 23.0 Å². The van der Waals surface area contributed by atoms with E-state index in [0.29, 0.717) is 19.0 Å². The number of rotatable bonds is 0. The second kappa shape index (κ2) is 3.47. The van der Waals surface area contributed by atoms with Gasteiger partial charge in [0.15, 0.2) is 0 Å². The van der Waals surface area contributed by atoms with E-state index in [2.05, 4.69) is 10.3 Å². The minimum atomic E-state index is -4.46. The van der Waals surface area contributed by atoms with Crippen LogP contribution in [-0.2, 0) is 12.7 Å². The molecule has 1 aliphatic rings. The van der Waals surface area contributed by atoms with Crippen LogP contribution in [0.4, 0.5) is 19.1 Å². The normalized spacial score (nSPS) is 14.6. The van der Waals surface area contributed by atoms with Crippen LogP contribution < -0.4 is 10.9 Å². The fraction of sp³-hybridized carbons (Fsp3) is 0.273. The average molecular weight is 255 g/mol. The molecule has 3 rings (SSSR count). The number of benzene rings is 1. The first-order chi connectivity index (χ1) is 8.47. The molecule has 94 valence electrons. The van der Waals surface area contributed by atoms with E-state index in [9.17, 15) is 18.0 Å². The van der Waals surface area contributed by atoms with Crippen LogP contribution in [0, 0.1) is 0 Å². The first-order valence-electron chi connectivity index (χ1n) is 5.32. The Morgan fingerprint density at radius 1 is 1.33 bits per heavy atom. The van der Waals surface area contributed by atoms with Crippen molar-refractivity contribution in [1.29, 1.82) is 0 Å². The smallest absolute Gasteiger partial charge is 0.354 e. The van der Waals surface area contributed by atoms with E-state index in [1.807, 2.05) is 0 Å². The van der Waals surface area contributed by atoms with Crippen molar-refractivity contribution in [3.63, 3.8) is 0 Å². The Bertz CT molecular complexity index is 690. The van der Waals surface area contributed by atoms with Crippen LogP contribution >= 0.6 is 0 Å². The molecule has 0 bridgehead atoms. The molecule has 1 N–H and O–H groups in total. The SMILES string of the molecule is O=c1c2cc(C(F)(F)F)ccc2nc2n1CCN2. The van der Waals surface area contributed by atoms with Gasteiger partial charge in [0, 0.05) is 13.1 Å². The molecule has 2 heterocycles. The van der Waals surface area contributed by atoms with Crippen molar-refractivity contribution in [2.75, 3.05) is 11.9 Å². The van der Waals surface area contributed by atoms with Gasteiger partial charge in [0.25, 0.3) is 5.56 Å². The van der Waals surface area contributed by atoms with E-state index in [0.717, 1.165) is 12.1 Å². The number of fused-ring (bicyclic) bond motifs is 2. The van der Waals surface area contributed by atoms with E-state index in [1.54, 1.807) is 0 Å². The third-order valence-electron chi connectivity index (χ3n) is 2.90. The summed E-state index contributed by atoms with van der Waals surface area (Å²) in [6.07, 6.45) is -4.46. The molecule has 0 amide bonds. The lowest BCUT2D eigenvalue weighted by Gasteiger charge is -2.08. The molecule has 0 spiro atoms. The van der Waals surface area contributed by atoms with Gasteiger partial charge in [-0.3, -0.25) is 9.36 Å². The summed E-state index contributed by atoms with van der Waals surface area (Å²) in [5.74, 6) is 0.409. The molecule has 0 atom stereocenters. The van der Waals surface area contributed by atoms with Crippen LogP contribution in [0.25, 0.3) is 10.9 Å². The van der Waals surface area contributed by atoms with Gasteiger partial charge in [0.05, 0.1) is 16.5 Å². The van der Waals surface area contributed by atoms with E-state index < -0.39 is 17.3 Å². The highest BCUT2D eigenvalue weighted by Crippen LogP contribution is 2.30. The largest absolute Gasteiger partial charge is 0.416 e. The van der Waals surface area contributed by atoms with Gasteiger partial charge in [-0.2, -0.15) is 13.2 Å². The molecular formula is C11H8F3N3O. The van der Waals surface area contributed by atoms with E-state index in [4.69, 9.17) is 0 Å². The maximum Gasteiger partial charge on any atom is 0.416 e. The van der Waals surface area contributed by atoms with Gasteiger partial charge in [-0.1, -0.05) is 0 Å². The summed E-state index contributed by atoms with van der Waals surface area (Å²) in [5.41, 5.74) is -1.000. The minimum absolute atomic E-state index is 0.00252. The highest BCUT2D eigenvalue weighted by atomic mass is 19.4. The van der Waals surface area contributed by atoms with E-state index in [-0.39, 0.29) is 10.9 Å². The number of nitrogens with one attached hydrogen (secondary N) is 1. The molecule has 0 saturated heterocycles. The van der Waals surface area contributed by atoms with Crippen molar-refractivity contribution in [1.82, 2.24) is 9.55 Å². The highest BCUT2D eigenvalue weighted by Gasteiger charge is 2.31. The number of anilines is 1. The van der Waals surface area contributed by atoms with Crippen LogP contribution in [-0.4, -0.2) is 16.1 Å². The third kappa shape index (κ3) is 1.54. The second-order valence-electron chi connectivity index (χ2n) is 4.05. The summed E-state index contributed by atoms with van der Waals surface area (Å²) in [6, 6.07) is 3.01. The standard InChI is InChI=1S/C11H8F3N3O/c12-11(13,14)6-1-2-8-7(5-6)9(18)17-4-3-15-10(17)16-8/h1-2,5H,3-4H2,(H,15,16). The zero-order valence-electron chi connectivity index (χ0n) is 9.08. The van der Waals surface area contributed by atoms with Crippen LogP contribution in [0.1, 0.15) is 5.56 Å². The predicted octanol–water partition coefficient (Wildman–Crippen LogP) is 1.84. The molecule has 7 heteroatoms. The summed E-state index contributed by atoms with van der Waals surface area (Å²) < 4.78 is 39.1. The van der Waals surface area contributed by atoms with Crippen molar-refractivity contribution < 1.29 is 13.2 Å². The fourth-order valence-corrected chi connectivity index (χ4v) is 2.02. The van der Waals surface area contributed by atoms with Crippen molar-refractivity contribution in [3.05, 3.63) is 34.1 Å². The predicted molar refractivity (Wildman–Crippen MR) is 59.5 cm³/mol. The van der Waals surface area contributed by atoms with Gasteiger partial charge in [-0.15, -0.1) is 0 Å². The number of nitrogens with zero attached hydrogens (tertiary/aromatic N) is 2. The minimum Gasteiger partial charge on any atom is -0.354 e. The second-order valence-corrected chi connectivity index (χ2v) is 4.05. The van der Waals surface area contributed by atoms with Gasteiger partial charge in [0.2, 0.25) is 5.95 Å². The number of halogens is 3. The van der Waals surface area contributed by atoms with Gasteiger partial charge in [-0.25, -0.2) is 4.98 Å². The molecule has 1 aliphatic heterocycles. The molecule has 1 aromatic heterocycles. The van der Waals surface area contributed by atoms with Gasteiger partial charge in [0.1, 0.15) is 0 Å². The Balaban J connectivity index is 2.32. The number of alkyl halides is 3. The summed E-state index contributed by atoms with van der Waals surface area (Å²) >= 11 is 0. The lowest BCUT2D eigenvalue weighted by Crippen LogP contribution is -2.19. The Labute approximate surface area is 99.1 Å². The number of aromatic nitrogens is 2. The summed E-state index contributed by atoms with van der Waals surface area (Å²) in [4.78, 5) is 16.1. The third-order valence-corrected chi connectivity index (χ3v) is 2.90. The average Bonchev–Trinajstić information content (AvgIpc) is 2.76. The topological polar surface area (TPSA) is 46.9 Å². The maximum atomic E-state index is 12.6. The molecule has 0 saturated carbocycles. The lowest BCUT2D eigenvalue weighted by molar-refractivity contribution is -0.137. The molecule has 1 aromatic carbocycles. The Morgan fingerprint density at radius 2 is 2.11 bits per heavy atom. The molecule has 0 aliphatic carbocycles. The van der Waals surface area contributed by atoms with Crippen molar-refractivity contribution >= 4 is 16.9 Å². The molecule has 0 fully saturated rings. The Morgan fingerprint density at radius 3 is 2.83 bits per heavy atom. The van der Waals surface area contributed by atoms with Gasteiger partial charge >= 0.3 is 6.18 Å². The van der Waals surface area contributed by atoms with E-state index in [1.165, 1.54) is 10.6 Å². The number of hydrogen-bond acceptors (Lipinski definition) is 3. The fourth-order valence-electron chi connectivity index (χ4n) is 2.02. The quantitative estimate of drug-likeness (QED) is 0.781. The molecular weight excluding hydrogens is 247 g/mol. The molecule has 4 nitrogen and oxygen atoms in total. The zero-order valence-corrected chi connectivity index (χ0v) is 9.08. The van der Waals surface area contributed by atoms with Crippen molar-refractivity contribution in [2.24, 2.45) is 0 Å². The highest BCUT2D eigenvalue weighted by molar-refractivity contribution is 5.79. The summed E-state index contributed by atoms with van der Waals surface area (Å²) in [5, 5.41) is 2.91. The van der Waals surface area contributed by atoms with Gasteiger partial charge < -0.3 is 5.32 Å². The molecule has 0 unspecified atom stereocenters. The molecule has 18 heavy (non-hydrogen) atoms. The van der Waals surface area contributed by atoms with Gasteiger partial charge in [-0.05, 0) is 18.2 Å². The summed E-state index contributed by atoms with van der Waals surface area (Å²) in [6.45, 7) is 0.984. The van der Waals surface area contributed by atoms with Crippen molar-refractivity contribution in [2.45, 2.75) is 12.7 Å². The van der Waals surface area contributed by atoms with Crippen molar-refractivity contribution in [3.8, 4) is 0 Å². The molecule has 0 radical (unpaired) electrons. The first-order valence-corrected chi connectivity index (χ1v) is 5.32.